The van der Waals surface area contributed by atoms with Gasteiger partial charge in [0.2, 0.25) is 0 Å². The molecule has 1 aliphatic heterocycles. The van der Waals surface area contributed by atoms with E-state index in [-0.39, 0.29) is 6.10 Å². The average molecular weight is 199 g/mol. The molecule has 82 valence electrons. The molecule has 3 heteroatoms. The molecule has 2 N–H and O–H groups in total. The standard InChI is InChI=1S/C11H21NO2/c1-10(2)7(5-12)9(10)8-6-13-11(3,4)14-8/h7-9H,5-6,12H2,1-4H3. The van der Waals surface area contributed by atoms with Crippen molar-refractivity contribution in [3.05, 3.63) is 0 Å². The van der Waals surface area contributed by atoms with Crippen molar-refractivity contribution < 1.29 is 9.47 Å². The molecule has 1 aliphatic carbocycles. The lowest BCUT2D eigenvalue weighted by atomic mass is 10.1. The quantitative estimate of drug-likeness (QED) is 0.730. The molecule has 0 bridgehead atoms. The van der Waals surface area contributed by atoms with E-state index >= 15 is 0 Å². The second kappa shape index (κ2) is 2.94. The van der Waals surface area contributed by atoms with Gasteiger partial charge in [-0.25, -0.2) is 0 Å². The van der Waals surface area contributed by atoms with E-state index in [1.54, 1.807) is 0 Å². The highest BCUT2D eigenvalue weighted by atomic mass is 16.7. The van der Waals surface area contributed by atoms with Crippen molar-refractivity contribution in [1.82, 2.24) is 0 Å². The van der Waals surface area contributed by atoms with Crippen molar-refractivity contribution in [2.24, 2.45) is 23.0 Å². The molecule has 3 atom stereocenters. The molecule has 0 amide bonds. The van der Waals surface area contributed by atoms with Gasteiger partial charge in [-0.3, -0.25) is 0 Å². The zero-order valence-electron chi connectivity index (χ0n) is 9.54. The van der Waals surface area contributed by atoms with E-state index in [9.17, 15) is 0 Å². The molecule has 0 aromatic carbocycles. The van der Waals surface area contributed by atoms with E-state index in [2.05, 4.69) is 13.8 Å². The third-order valence-electron chi connectivity index (χ3n) is 3.82. The predicted molar refractivity (Wildman–Crippen MR) is 54.7 cm³/mol. The Balaban J connectivity index is 2.00. The van der Waals surface area contributed by atoms with E-state index in [0.717, 1.165) is 13.2 Å². The fraction of sp³-hybridized carbons (Fsp3) is 1.00. The van der Waals surface area contributed by atoms with E-state index in [0.29, 0.717) is 17.3 Å². The lowest BCUT2D eigenvalue weighted by Gasteiger charge is -2.17. The van der Waals surface area contributed by atoms with Crippen molar-refractivity contribution in [3.63, 3.8) is 0 Å². The van der Waals surface area contributed by atoms with Gasteiger partial charge in [0.25, 0.3) is 0 Å². The lowest BCUT2D eigenvalue weighted by molar-refractivity contribution is -0.141. The molecule has 3 unspecified atom stereocenters. The Bertz CT molecular complexity index is 237. The van der Waals surface area contributed by atoms with Crippen LogP contribution in [0, 0.1) is 17.3 Å². The molecule has 14 heavy (non-hydrogen) atoms. The summed E-state index contributed by atoms with van der Waals surface area (Å²) in [5.41, 5.74) is 6.08. The van der Waals surface area contributed by atoms with Gasteiger partial charge >= 0.3 is 0 Å². The van der Waals surface area contributed by atoms with Crippen LogP contribution in [0.1, 0.15) is 27.7 Å². The SMILES string of the molecule is CC1(C)OCC(C2C(CN)C2(C)C)O1. The summed E-state index contributed by atoms with van der Waals surface area (Å²) in [7, 11) is 0. The molecule has 2 aliphatic rings. The maximum atomic E-state index is 5.86. The zero-order chi connectivity index (χ0) is 10.6. The first-order valence-electron chi connectivity index (χ1n) is 5.40. The number of ether oxygens (including phenoxy) is 2. The van der Waals surface area contributed by atoms with Gasteiger partial charge in [-0.1, -0.05) is 13.8 Å². The Morgan fingerprint density at radius 3 is 2.29 bits per heavy atom. The number of hydrogen-bond donors (Lipinski definition) is 1. The lowest BCUT2D eigenvalue weighted by Crippen LogP contribution is -2.23. The highest BCUT2D eigenvalue weighted by Crippen LogP contribution is 2.61. The first-order valence-corrected chi connectivity index (χ1v) is 5.40. The second-order valence-corrected chi connectivity index (χ2v) is 5.56. The van der Waals surface area contributed by atoms with Gasteiger partial charge in [0, 0.05) is 0 Å². The van der Waals surface area contributed by atoms with Crippen molar-refractivity contribution in [1.29, 1.82) is 0 Å². The Morgan fingerprint density at radius 1 is 1.29 bits per heavy atom. The summed E-state index contributed by atoms with van der Waals surface area (Å²) in [5.74, 6) is 0.780. The number of hydrogen-bond acceptors (Lipinski definition) is 3. The molecule has 0 aromatic heterocycles. The molecule has 1 saturated carbocycles. The summed E-state index contributed by atoms with van der Waals surface area (Å²) in [6.07, 6.45) is 0.244. The minimum atomic E-state index is -0.400. The molecule has 2 rings (SSSR count). The van der Waals surface area contributed by atoms with Gasteiger partial charge in [0.1, 0.15) is 0 Å². The van der Waals surface area contributed by atoms with Crippen LogP contribution in [0.4, 0.5) is 0 Å². The van der Waals surface area contributed by atoms with Gasteiger partial charge < -0.3 is 15.2 Å². The van der Waals surface area contributed by atoms with Gasteiger partial charge in [0.05, 0.1) is 12.7 Å². The van der Waals surface area contributed by atoms with E-state index in [4.69, 9.17) is 15.2 Å². The van der Waals surface area contributed by atoms with Crippen molar-refractivity contribution in [3.8, 4) is 0 Å². The summed E-state index contributed by atoms with van der Waals surface area (Å²) in [5, 5.41) is 0. The topological polar surface area (TPSA) is 44.5 Å². The monoisotopic (exact) mass is 199 g/mol. The van der Waals surface area contributed by atoms with Gasteiger partial charge in [0.15, 0.2) is 5.79 Å². The van der Waals surface area contributed by atoms with Crippen molar-refractivity contribution in [2.45, 2.75) is 39.6 Å². The molecular formula is C11H21NO2. The minimum Gasteiger partial charge on any atom is -0.348 e. The predicted octanol–water partition coefficient (Wildman–Crippen LogP) is 1.37. The van der Waals surface area contributed by atoms with Crippen molar-refractivity contribution >= 4 is 0 Å². The third-order valence-corrected chi connectivity index (χ3v) is 3.82. The van der Waals surface area contributed by atoms with Crippen LogP contribution < -0.4 is 5.73 Å². The Morgan fingerprint density at radius 2 is 1.93 bits per heavy atom. The van der Waals surface area contributed by atoms with Gasteiger partial charge in [-0.15, -0.1) is 0 Å². The number of nitrogens with two attached hydrogens (primary N) is 1. The van der Waals surface area contributed by atoms with E-state index in [1.807, 2.05) is 13.8 Å². The van der Waals surface area contributed by atoms with Crippen LogP contribution in [-0.2, 0) is 9.47 Å². The summed E-state index contributed by atoms with van der Waals surface area (Å²) in [6, 6.07) is 0. The molecule has 1 saturated heterocycles. The fourth-order valence-electron chi connectivity index (χ4n) is 2.87. The van der Waals surface area contributed by atoms with Crippen LogP contribution in [0.25, 0.3) is 0 Å². The second-order valence-electron chi connectivity index (χ2n) is 5.56. The Kier molecular flexibility index (Phi) is 2.18. The zero-order valence-corrected chi connectivity index (χ0v) is 9.54. The highest BCUT2D eigenvalue weighted by Gasteiger charge is 2.62. The van der Waals surface area contributed by atoms with Crippen LogP contribution in [0.2, 0.25) is 0 Å². The van der Waals surface area contributed by atoms with Crippen LogP contribution in [0.15, 0.2) is 0 Å². The fourth-order valence-corrected chi connectivity index (χ4v) is 2.87. The van der Waals surface area contributed by atoms with Crippen LogP contribution in [0.5, 0.6) is 0 Å². The maximum absolute atomic E-state index is 5.86. The smallest absolute Gasteiger partial charge is 0.163 e. The first-order chi connectivity index (χ1) is 6.38. The van der Waals surface area contributed by atoms with Gasteiger partial charge in [-0.05, 0) is 37.6 Å². The van der Waals surface area contributed by atoms with Crippen LogP contribution in [0.3, 0.4) is 0 Å². The first kappa shape index (κ1) is 10.4. The summed E-state index contributed by atoms with van der Waals surface area (Å²) in [4.78, 5) is 0. The highest BCUT2D eigenvalue weighted by molar-refractivity contribution is 5.09. The molecule has 1 heterocycles. The largest absolute Gasteiger partial charge is 0.348 e. The molecule has 0 radical (unpaired) electrons. The normalized spacial score (nSPS) is 43.9. The number of rotatable bonds is 2. The Labute approximate surface area is 85.9 Å². The summed E-state index contributed by atoms with van der Waals surface area (Å²) >= 11 is 0. The third kappa shape index (κ3) is 1.47. The summed E-state index contributed by atoms with van der Waals surface area (Å²) in [6.45, 7) is 9.96. The van der Waals surface area contributed by atoms with Crippen LogP contribution >= 0.6 is 0 Å². The molecule has 0 aromatic rings. The minimum absolute atomic E-state index is 0.244. The van der Waals surface area contributed by atoms with E-state index < -0.39 is 5.79 Å². The molecule has 0 spiro atoms. The van der Waals surface area contributed by atoms with Gasteiger partial charge in [-0.2, -0.15) is 0 Å². The molecule has 2 fully saturated rings. The Hall–Kier alpha value is -0.120. The summed E-state index contributed by atoms with van der Waals surface area (Å²) < 4.78 is 11.4. The maximum Gasteiger partial charge on any atom is 0.163 e. The van der Waals surface area contributed by atoms with Crippen LogP contribution in [-0.4, -0.2) is 25.0 Å². The van der Waals surface area contributed by atoms with E-state index in [1.165, 1.54) is 0 Å². The average Bonchev–Trinajstić information content (AvgIpc) is 2.41. The molecule has 3 nitrogen and oxygen atoms in total. The molecular weight excluding hydrogens is 178 g/mol. The van der Waals surface area contributed by atoms with Crippen molar-refractivity contribution in [2.75, 3.05) is 13.2 Å².